The third-order valence-electron chi connectivity index (χ3n) is 8.04. The predicted octanol–water partition coefficient (Wildman–Crippen LogP) is 7.12. The van der Waals surface area contributed by atoms with Crippen molar-refractivity contribution < 1.29 is 18.0 Å². The lowest BCUT2D eigenvalue weighted by atomic mass is 10.0. The van der Waals surface area contributed by atoms with Crippen molar-refractivity contribution in [2.45, 2.75) is 71.0 Å². The normalized spacial score (nSPS) is 12.7. The van der Waals surface area contributed by atoms with Gasteiger partial charge in [0.25, 0.3) is 10.0 Å². The van der Waals surface area contributed by atoms with Crippen molar-refractivity contribution in [2.75, 3.05) is 10.8 Å². The van der Waals surface area contributed by atoms with E-state index in [1.54, 1.807) is 30.3 Å². The van der Waals surface area contributed by atoms with Crippen LogP contribution in [0, 0.1) is 20.8 Å². The fourth-order valence-corrected chi connectivity index (χ4v) is 7.08. The average molecular weight is 705 g/mol. The summed E-state index contributed by atoms with van der Waals surface area (Å²) in [5, 5.41) is 3.07. The van der Waals surface area contributed by atoms with E-state index < -0.39 is 28.5 Å². The molecule has 242 valence electrons. The Kier molecular flexibility index (Phi) is 11.8. The van der Waals surface area contributed by atoms with E-state index in [0.29, 0.717) is 11.3 Å². The van der Waals surface area contributed by atoms with Crippen LogP contribution in [0.4, 0.5) is 5.69 Å². The lowest BCUT2D eigenvalue weighted by molar-refractivity contribution is -0.140. The second kappa shape index (κ2) is 15.6. The molecule has 0 heterocycles. The Balaban J connectivity index is 1.84. The number of nitrogens with one attached hydrogen (secondary N) is 1. The van der Waals surface area contributed by atoms with Crippen LogP contribution in [-0.4, -0.2) is 43.8 Å². The molecule has 0 bridgehead atoms. The molecular formula is C37H42BrN3O4S. The van der Waals surface area contributed by atoms with Crippen LogP contribution in [0.2, 0.25) is 0 Å². The largest absolute Gasteiger partial charge is 0.352 e. The zero-order valence-corrected chi connectivity index (χ0v) is 29.4. The molecule has 2 amide bonds. The van der Waals surface area contributed by atoms with Gasteiger partial charge >= 0.3 is 0 Å². The molecule has 1 N–H and O–H groups in total. The zero-order chi connectivity index (χ0) is 33.4. The smallest absolute Gasteiger partial charge is 0.264 e. The molecule has 0 aliphatic carbocycles. The lowest BCUT2D eigenvalue weighted by Gasteiger charge is -2.34. The minimum atomic E-state index is -4.17. The molecule has 0 aliphatic heterocycles. The highest BCUT2D eigenvalue weighted by Crippen LogP contribution is 2.29. The van der Waals surface area contributed by atoms with Gasteiger partial charge in [-0.2, -0.15) is 0 Å². The maximum atomic E-state index is 14.7. The predicted molar refractivity (Wildman–Crippen MR) is 188 cm³/mol. The van der Waals surface area contributed by atoms with Crippen molar-refractivity contribution in [1.82, 2.24) is 10.2 Å². The van der Waals surface area contributed by atoms with Crippen LogP contribution in [0.15, 0.2) is 106 Å². The molecule has 0 radical (unpaired) electrons. The van der Waals surface area contributed by atoms with Crippen LogP contribution < -0.4 is 9.62 Å². The number of amides is 2. The SMILES string of the molecule is CC[C@H](C)NC(=O)[C@H](Cc1ccccc1)N(Cc1cccc(Br)c1)C(=O)CN(c1cc(C)ccc1C)S(=O)(=O)c1ccc(C)cc1. The number of nitrogens with zero attached hydrogens (tertiary/aromatic N) is 2. The zero-order valence-electron chi connectivity index (χ0n) is 27.0. The molecule has 7 nitrogen and oxygen atoms in total. The molecule has 0 spiro atoms. The third kappa shape index (κ3) is 8.85. The summed E-state index contributed by atoms with van der Waals surface area (Å²) in [6, 6.07) is 28.2. The van der Waals surface area contributed by atoms with Gasteiger partial charge in [-0.3, -0.25) is 13.9 Å². The Morgan fingerprint density at radius 3 is 2.13 bits per heavy atom. The number of carbonyl (C=O) groups is 2. The summed E-state index contributed by atoms with van der Waals surface area (Å²) in [7, 11) is -4.17. The topological polar surface area (TPSA) is 86.8 Å². The Hall–Kier alpha value is -3.95. The van der Waals surface area contributed by atoms with E-state index in [-0.39, 0.29) is 29.8 Å². The fraction of sp³-hybridized carbons (Fsp3) is 0.297. The van der Waals surface area contributed by atoms with Crippen molar-refractivity contribution in [3.8, 4) is 0 Å². The first-order valence-corrected chi connectivity index (χ1v) is 17.7. The van der Waals surface area contributed by atoms with E-state index >= 15 is 0 Å². The monoisotopic (exact) mass is 703 g/mol. The quantitative estimate of drug-likeness (QED) is 0.161. The number of rotatable bonds is 13. The van der Waals surface area contributed by atoms with Crippen LogP contribution in [0.1, 0.15) is 48.1 Å². The molecule has 9 heteroatoms. The molecule has 4 aromatic carbocycles. The maximum Gasteiger partial charge on any atom is 0.264 e. The van der Waals surface area contributed by atoms with Gasteiger partial charge in [-0.15, -0.1) is 0 Å². The van der Waals surface area contributed by atoms with Crippen LogP contribution in [-0.2, 0) is 32.6 Å². The van der Waals surface area contributed by atoms with Crippen molar-refractivity contribution in [3.05, 3.63) is 129 Å². The van der Waals surface area contributed by atoms with Crippen molar-refractivity contribution >= 4 is 43.5 Å². The van der Waals surface area contributed by atoms with Crippen LogP contribution in [0.5, 0.6) is 0 Å². The van der Waals surface area contributed by atoms with Gasteiger partial charge in [0.2, 0.25) is 11.8 Å². The molecule has 0 saturated carbocycles. The number of benzene rings is 4. The summed E-state index contributed by atoms with van der Waals surface area (Å²) in [6.07, 6.45) is 0.982. The van der Waals surface area contributed by atoms with Gasteiger partial charge in [0.15, 0.2) is 0 Å². The van der Waals surface area contributed by atoms with Crippen molar-refractivity contribution in [3.63, 3.8) is 0 Å². The summed E-state index contributed by atoms with van der Waals surface area (Å²) in [6.45, 7) is 9.13. The Bertz CT molecular complexity index is 1760. The molecule has 0 unspecified atom stereocenters. The lowest BCUT2D eigenvalue weighted by Crippen LogP contribution is -2.54. The van der Waals surface area contributed by atoms with E-state index in [0.717, 1.165) is 33.1 Å². The number of hydrogen-bond donors (Lipinski definition) is 1. The third-order valence-corrected chi connectivity index (χ3v) is 10.3. The number of sulfonamides is 1. The number of halogens is 1. The van der Waals surface area contributed by atoms with E-state index in [4.69, 9.17) is 0 Å². The molecule has 4 aromatic rings. The number of anilines is 1. The summed E-state index contributed by atoms with van der Waals surface area (Å²) < 4.78 is 30.7. The molecule has 4 rings (SSSR count). The van der Waals surface area contributed by atoms with Crippen LogP contribution >= 0.6 is 15.9 Å². The Morgan fingerprint density at radius 2 is 1.48 bits per heavy atom. The maximum absolute atomic E-state index is 14.7. The molecular weight excluding hydrogens is 662 g/mol. The fourth-order valence-electron chi connectivity index (χ4n) is 5.17. The second-order valence-electron chi connectivity index (χ2n) is 11.8. The summed E-state index contributed by atoms with van der Waals surface area (Å²) >= 11 is 3.52. The van der Waals surface area contributed by atoms with E-state index in [1.165, 1.54) is 9.21 Å². The van der Waals surface area contributed by atoms with Gasteiger partial charge in [0.1, 0.15) is 12.6 Å². The molecule has 0 aromatic heterocycles. The van der Waals surface area contributed by atoms with Gasteiger partial charge in [-0.25, -0.2) is 8.42 Å². The highest BCUT2D eigenvalue weighted by molar-refractivity contribution is 9.10. The van der Waals surface area contributed by atoms with Gasteiger partial charge < -0.3 is 10.2 Å². The summed E-state index contributed by atoms with van der Waals surface area (Å²) in [5.41, 5.74) is 4.60. The molecule has 0 fully saturated rings. The standard InChI is InChI=1S/C37H42BrN3O4S/c1-6-29(5)39-37(43)35(23-30-11-8-7-9-12-30)40(24-31-13-10-14-32(38)22-31)36(42)25-41(34-21-27(3)15-18-28(34)4)46(44,45)33-19-16-26(2)17-20-33/h7-22,29,35H,6,23-25H2,1-5H3,(H,39,43)/t29-,35-/m0/s1. The number of carbonyl (C=O) groups excluding carboxylic acids is 2. The first kappa shape index (κ1) is 34.9. The minimum Gasteiger partial charge on any atom is -0.352 e. The molecule has 2 atom stereocenters. The van der Waals surface area contributed by atoms with Gasteiger partial charge in [-0.1, -0.05) is 95.1 Å². The van der Waals surface area contributed by atoms with E-state index in [9.17, 15) is 18.0 Å². The molecule has 46 heavy (non-hydrogen) atoms. The first-order chi connectivity index (χ1) is 21.9. The summed E-state index contributed by atoms with van der Waals surface area (Å²) in [5.74, 6) is -0.780. The van der Waals surface area contributed by atoms with Gasteiger partial charge in [0, 0.05) is 23.5 Å². The van der Waals surface area contributed by atoms with E-state index in [1.807, 2.05) is 101 Å². The van der Waals surface area contributed by atoms with Crippen molar-refractivity contribution in [1.29, 1.82) is 0 Å². The average Bonchev–Trinajstić information content (AvgIpc) is 3.03. The van der Waals surface area contributed by atoms with Gasteiger partial charge in [-0.05, 0) is 86.7 Å². The number of hydrogen-bond acceptors (Lipinski definition) is 4. The number of aryl methyl sites for hydroxylation is 3. The first-order valence-electron chi connectivity index (χ1n) is 15.4. The molecule has 0 saturated heterocycles. The van der Waals surface area contributed by atoms with Crippen LogP contribution in [0.25, 0.3) is 0 Å². The Labute approximate surface area is 281 Å². The van der Waals surface area contributed by atoms with Crippen molar-refractivity contribution in [2.24, 2.45) is 0 Å². The Morgan fingerprint density at radius 1 is 0.826 bits per heavy atom. The second-order valence-corrected chi connectivity index (χ2v) is 14.6. The molecule has 0 aliphatic rings. The van der Waals surface area contributed by atoms with Crippen LogP contribution in [0.3, 0.4) is 0 Å². The minimum absolute atomic E-state index is 0.0840. The van der Waals surface area contributed by atoms with Gasteiger partial charge in [0.05, 0.1) is 10.6 Å². The highest BCUT2D eigenvalue weighted by Gasteiger charge is 2.35. The summed E-state index contributed by atoms with van der Waals surface area (Å²) in [4.78, 5) is 30.2. The highest BCUT2D eigenvalue weighted by atomic mass is 79.9. The van der Waals surface area contributed by atoms with E-state index in [2.05, 4.69) is 21.2 Å².